The first kappa shape index (κ1) is 13.1. The molecule has 1 aliphatic rings. The quantitative estimate of drug-likeness (QED) is 0.871. The van der Waals surface area contributed by atoms with Gasteiger partial charge in [0.05, 0.1) is 4.47 Å². The molecule has 2 aromatic rings. The number of benzene rings is 1. The molecular weight excluding hydrogens is 324 g/mol. The van der Waals surface area contributed by atoms with Crippen molar-refractivity contribution in [2.24, 2.45) is 0 Å². The summed E-state index contributed by atoms with van der Waals surface area (Å²) in [7, 11) is 0. The average molecular weight is 339 g/mol. The van der Waals surface area contributed by atoms with E-state index in [0.717, 1.165) is 21.8 Å². The number of hydrogen-bond donors (Lipinski definition) is 1. The molecule has 3 rings (SSSR count). The molecule has 1 aromatic carbocycles. The zero-order valence-electron chi connectivity index (χ0n) is 10.4. The Hall–Kier alpha value is -0.910. The van der Waals surface area contributed by atoms with Gasteiger partial charge in [0, 0.05) is 29.7 Å². The van der Waals surface area contributed by atoms with E-state index in [1.165, 1.54) is 18.4 Å². The van der Waals surface area contributed by atoms with Crippen molar-refractivity contribution < 1.29 is 4.74 Å². The number of hydrogen-bond acceptors (Lipinski definition) is 4. The lowest BCUT2D eigenvalue weighted by atomic mass is 10.2. The topological polar surface area (TPSA) is 34.1 Å². The second-order valence-corrected chi connectivity index (χ2v) is 6.43. The Morgan fingerprint density at radius 2 is 2.32 bits per heavy atom. The molecule has 0 atom stereocenters. The fraction of sp³-hybridized carbons (Fsp3) is 0.357. The predicted octanol–water partition coefficient (Wildman–Crippen LogP) is 3.74. The molecule has 0 aliphatic heterocycles. The van der Waals surface area contributed by atoms with Gasteiger partial charge < -0.3 is 10.1 Å². The van der Waals surface area contributed by atoms with Gasteiger partial charge in [0.1, 0.15) is 17.4 Å². The molecule has 0 bridgehead atoms. The summed E-state index contributed by atoms with van der Waals surface area (Å²) in [6, 6.07) is 6.87. The summed E-state index contributed by atoms with van der Waals surface area (Å²) in [6.07, 6.45) is 4.39. The van der Waals surface area contributed by atoms with Gasteiger partial charge in [0.25, 0.3) is 0 Å². The number of nitrogens with zero attached hydrogens (tertiary/aromatic N) is 1. The second kappa shape index (κ2) is 6.03. The predicted molar refractivity (Wildman–Crippen MR) is 80.4 cm³/mol. The molecule has 19 heavy (non-hydrogen) atoms. The van der Waals surface area contributed by atoms with Gasteiger partial charge in [0.15, 0.2) is 0 Å². The van der Waals surface area contributed by atoms with Crippen molar-refractivity contribution in [3.8, 4) is 5.75 Å². The number of para-hydroxylation sites is 1. The van der Waals surface area contributed by atoms with Crippen LogP contribution in [-0.2, 0) is 13.2 Å². The number of nitrogens with one attached hydrogen (secondary N) is 1. The fourth-order valence-electron chi connectivity index (χ4n) is 1.85. The second-order valence-electron chi connectivity index (χ2n) is 4.60. The van der Waals surface area contributed by atoms with Crippen LogP contribution in [-0.4, -0.2) is 11.0 Å². The first-order chi connectivity index (χ1) is 9.33. The van der Waals surface area contributed by atoms with Gasteiger partial charge in [-0.05, 0) is 34.8 Å². The molecule has 5 heteroatoms. The van der Waals surface area contributed by atoms with E-state index < -0.39 is 0 Å². The lowest BCUT2D eigenvalue weighted by molar-refractivity contribution is 0.299. The summed E-state index contributed by atoms with van der Waals surface area (Å²) in [6.45, 7) is 1.38. The fourth-order valence-corrected chi connectivity index (χ4v) is 2.90. The molecule has 0 spiro atoms. The number of ether oxygens (including phenoxy) is 1. The van der Waals surface area contributed by atoms with Crippen LogP contribution in [0.1, 0.15) is 23.4 Å². The molecule has 0 amide bonds. The summed E-state index contributed by atoms with van der Waals surface area (Å²) in [5.41, 5.74) is 1.19. The van der Waals surface area contributed by atoms with Crippen LogP contribution >= 0.6 is 27.3 Å². The van der Waals surface area contributed by atoms with Crippen LogP contribution in [0, 0.1) is 0 Å². The van der Waals surface area contributed by atoms with Crippen molar-refractivity contribution >= 4 is 27.3 Å². The summed E-state index contributed by atoms with van der Waals surface area (Å²) >= 11 is 5.18. The zero-order chi connectivity index (χ0) is 13.1. The van der Waals surface area contributed by atoms with E-state index in [9.17, 15) is 0 Å². The van der Waals surface area contributed by atoms with Crippen molar-refractivity contribution in [3.63, 3.8) is 0 Å². The Bertz CT molecular complexity index is 540. The number of thiazole rings is 1. The Kier molecular flexibility index (Phi) is 4.15. The van der Waals surface area contributed by atoms with Gasteiger partial charge in [-0.1, -0.05) is 12.1 Å². The Morgan fingerprint density at radius 1 is 1.42 bits per heavy atom. The first-order valence-corrected chi connectivity index (χ1v) is 8.02. The molecule has 0 radical (unpaired) electrons. The van der Waals surface area contributed by atoms with E-state index in [1.54, 1.807) is 17.5 Å². The molecule has 1 saturated carbocycles. The van der Waals surface area contributed by atoms with Gasteiger partial charge in [-0.2, -0.15) is 0 Å². The van der Waals surface area contributed by atoms with E-state index in [2.05, 4.69) is 32.3 Å². The van der Waals surface area contributed by atoms with E-state index in [0.29, 0.717) is 12.6 Å². The van der Waals surface area contributed by atoms with Crippen LogP contribution in [0.4, 0.5) is 0 Å². The minimum absolute atomic E-state index is 0.525. The van der Waals surface area contributed by atoms with Crippen molar-refractivity contribution in [2.45, 2.75) is 32.0 Å². The summed E-state index contributed by atoms with van der Waals surface area (Å²) in [5.74, 6) is 0.922. The van der Waals surface area contributed by atoms with E-state index in [4.69, 9.17) is 4.74 Å². The van der Waals surface area contributed by atoms with Gasteiger partial charge in [-0.15, -0.1) is 11.3 Å². The van der Waals surface area contributed by atoms with Crippen LogP contribution in [0.15, 0.2) is 34.2 Å². The maximum atomic E-state index is 5.93. The lowest BCUT2D eigenvalue weighted by Gasteiger charge is -2.13. The molecule has 0 saturated heterocycles. The van der Waals surface area contributed by atoms with Gasteiger partial charge in [-0.3, -0.25) is 0 Å². The van der Waals surface area contributed by atoms with Crippen LogP contribution in [0.5, 0.6) is 5.75 Å². The van der Waals surface area contributed by atoms with Crippen LogP contribution in [0.25, 0.3) is 0 Å². The number of rotatable bonds is 6. The summed E-state index contributed by atoms with van der Waals surface area (Å²) < 4.78 is 6.93. The van der Waals surface area contributed by atoms with Crippen LogP contribution in [0.3, 0.4) is 0 Å². The molecule has 1 heterocycles. The number of aromatic nitrogens is 1. The molecule has 3 nitrogen and oxygen atoms in total. The van der Waals surface area contributed by atoms with Gasteiger partial charge >= 0.3 is 0 Å². The van der Waals surface area contributed by atoms with Crippen molar-refractivity contribution in [1.29, 1.82) is 0 Å². The van der Waals surface area contributed by atoms with Crippen LogP contribution < -0.4 is 10.1 Å². The van der Waals surface area contributed by atoms with E-state index in [1.807, 2.05) is 17.5 Å². The van der Waals surface area contributed by atoms with Gasteiger partial charge in [0.2, 0.25) is 0 Å². The minimum Gasteiger partial charge on any atom is -0.485 e. The van der Waals surface area contributed by atoms with Crippen molar-refractivity contribution in [1.82, 2.24) is 10.3 Å². The summed E-state index contributed by atoms with van der Waals surface area (Å²) in [4.78, 5) is 4.24. The monoisotopic (exact) mass is 338 g/mol. The molecule has 0 unspecified atom stereocenters. The summed E-state index contributed by atoms with van der Waals surface area (Å²) in [5, 5.41) is 6.48. The van der Waals surface area contributed by atoms with Crippen LogP contribution in [0.2, 0.25) is 0 Å². The van der Waals surface area contributed by atoms with E-state index >= 15 is 0 Å². The smallest absolute Gasteiger partial charge is 0.140 e. The lowest BCUT2D eigenvalue weighted by Crippen LogP contribution is -2.16. The Balaban J connectivity index is 1.69. The molecular formula is C14H15BrN2OS. The Morgan fingerprint density at radius 3 is 3.05 bits per heavy atom. The normalized spacial score (nSPS) is 14.6. The molecule has 1 aliphatic carbocycles. The SMILES string of the molecule is Brc1cccc(CNC2CC2)c1OCc1nccs1. The largest absolute Gasteiger partial charge is 0.485 e. The standard InChI is InChI=1S/C14H15BrN2OS/c15-12-3-1-2-10(8-17-11-4-5-11)14(12)18-9-13-16-6-7-19-13/h1-3,6-7,11,17H,4-5,8-9H2. The third kappa shape index (κ3) is 3.55. The third-order valence-corrected chi connectivity index (χ3v) is 4.41. The average Bonchev–Trinajstić information content (AvgIpc) is 3.10. The minimum atomic E-state index is 0.525. The first-order valence-electron chi connectivity index (χ1n) is 6.35. The maximum absolute atomic E-state index is 5.93. The van der Waals surface area contributed by atoms with E-state index in [-0.39, 0.29) is 0 Å². The molecule has 100 valence electrons. The molecule has 1 aromatic heterocycles. The zero-order valence-corrected chi connectivity index (χ0v) is 12.8. The Labute approximate surface area is 125 Å². The molecule has 1 fully saturated rings. The maximum Gasteiger partial charge on any atom is 0.140 e. The van der Waals surface area contributed by atoms with Crippen molar-refractivity contribution in [3.05, 3.63) is 44.8 Å². The highest BCUT2D eigenvalue weighted by Crippen LogP contribution is 2.31. The van der Waals surface area contributed by atoms with Crippen molar-refractivity contribution in [2.75, 3.05) is 0 Å². The highest BCUT2D eigenvalue weighted by molar-refractivity contribution is 9.10. The highest BCUT2D eigenvalue weighted by atomic mass is 79.9. The van der Waals surface area contributed by atoms with Gasteiger partial charge in [-0.25, -0.2) is 4.98 Å². The highest BCUT2D eigenvalue weighted by Gasteiger charge is 2.21. The molecule has 1 N–H and O–H groups in total. The number of halogens is 1. The third-order valence-electron chi connectivity index (χ3n) is 3.03.